The fourth-order valence-corrected chi connectivity index (χ4v) is 3.05. The molecule has 0 aliphatic heterocycles. The number of aromatic nitrogens is 5. The van der Waals surface area contributed by atoms with Crippen molar-refractivity contribution in [3.63, 3.8) is 0 Å². The van der Waals surface area contributed by atoms with Gasteiger partial charge in [-0.15, -0.1) is 0 Å². The van der Waals surface area contributed by atoms with Gasteiger partial charge in [-0.2, -0.15) is 5.10 Å². The van der Waals surface area contributed by atoms with Gasteiger partial charge in [0.2, 0.25) is 0 Å². The largest absolute Gasteiger partial charge is 0.355 e. The summed E-state index contributed by atoms with van der Waals surface area (Å²) in [5.41, 5.74) is 4.12. The highest BCUT2D eigenvalue weighted by Gasteiger charge is 2.09. The topological polar surface area (TPSA) is 79.7 Å². The van der Waals surface area contributed by atoms with Gasteiger partial charge in [0.15, 0.2) is 0 Å². The van der Waals surface area contributed by atoms with Crippen molar-refractivity contribution in [1.29, 1.82) is 0 Å². The number of aryl methyl sites for hydroxylation is 1. The Labute approximate surface area is 168 Å². The number of rotatable bonds is 5. The van der Waals surface area contributed by atoms with Crippen LogP contribution in [0.5, 0.6) is 0 Å². The monoisotopic (exact) mass is 386 g/mol. The SMILES string of the molecule is Cc1nc(-c2ccc(N(C)Cc3cnn(-c4ccccc4)c3)nc2)[nH]c(=O)c1C. The van der Waals surface area contributed by atoms with Crippen molar-refractivity contribution in [3.8, 4) is 17.1 Å². The molecule has 0 aliphatic rings. The molecule has 3 aromatic heterocycles. The summed E-state index contributed by atoms with van der Waals surface area (Å²) in [5.74, 6) is 1.36. The lowest BCUT2D eigenvalue weighted by Crippen LogP contribution is -2.17. The number of anilines is 1. The summed E-state index contributed by atoms with van der Waals surface area (Å²) in [6.07, 6.45) is 5.61. The van der Waals surface area contributed by atoms with Gasteiger partial charge in [0.1, 0.15) is 11.6 Å². The van der Waals surface area contributed by atoms with E-state index in [4.69, 9.17) is 0 Å². The van der Waals surface area contributed by atoms with E-state index in [1.165, 1.54) is 0 Å². The highest BCUT2D eigenvalue weighted by atomic mass is 16.1. The quantitative estimate of drug-likeness (QED) is 0.569. The molecule has 1 aromatic carbocycles. The summed E-state index contributed by atoms with van der Waals surface area (Å²) in [6, 6.07) is 13.8. The van der Waals surface area contributed by atoms with Crippen molar-refractivity contribution >= 4 is 5.82 Å². The van der Waals surface area contributed by atoms with Crippen molar-refractivity contribution < 1.29 is 0 Å². The maximum atomic E-state index is 12.0. The highest BCUT2D eigenvalue weighted by Crippen LogP contribution is 2.19. The first kappa shape index (κ1) is 18.6. The molecule has 0 unspecified atom stereocenters. The molecule has 0 atom stereocenters. The van der Waals surface area contributed by atoms with E-state index in [2.05, 4.69) is 20.1 Å². The second-order valence-electron chi connectivity index (χ2n) is 7.01. The average molecular weight is 386 g/mol. The van der Waals surface area contributed by atoms with Crippen LogP contribution in [0.25, 0.3) is 17.1 Å². The number of pyridine rings is 1. The minimum Gasteiger partial charge on any atom is -0.355 e. The number of H-pyrrole nitrogens is 1. The number of nitrogens with zero attached hydrogens (tertiary/aromatic N) is 5. The molecule has 3 heterocycles. The first-order valence-corrected chi connectivity index (χ1v) is 9.35. The summed E-state index contributed by atoms with van der Waals surface area (Å²) >= 11 is 0. The molecule has 29 heavy (non-hydrogen) atoms. The zero-order valence-electron chi connectivity index (χ0n) is 16.6. The van der Waals surface area contributed by atoms with Gasteiger partial charge in [-0.05, 0) is 38.1 Å². The fraction of sp³-hybridized carbons (Fsp3) is 0.182. The Morgan fingerprint density at radius 2 is 1.86 bits per heavy atom. The molecule has 1 N–H and O–H groups in total. The summed E-state index contributed by atoms with van der Waals surface area (Å²) in [6.45, 7) is 4.28. The van der Waals surface area contributed by atoms with Gasteiger partial charge in [0.25, 0.3) is 5.56 Å². The molecule has 0 amide bonds. The zero-order chi connectivity index (χ0) is 20.4. The third kappa shape index (κ3) is 3.94. The lowest BCUT2D eigenvalue weighted by Gasteiger charge is -2.17. The molecule has 7 heteroatoms. The Bertz CT molecular complexity index is 1180. The van der Waals surface area contributed by atoms with Crippen LogP contribution >= 0.6 is 0 Å². The molecule has 0 saturated carbocycles. The molecule has 0 spiro atoms. The van der Waals surface area contributed by atoms with E-state index in [9.17, 15) is 4.79 Å². The van der Waals surface area contributed by atoms with Crippen LogP contribution in [0.4, 0.5) is 5.82 Å². The molecule has 4 rings (SSSR count). The number of aromatic amines is 1. The van der Waals surface area contributed by atoms with Gasteiger partial charge in [0.05, 0.1) is 11.9 Å². The predicted octanol–water partition coefficient (Wildman–Crippen LogP) is 3.27. The summed E-state index contributed by atoms with van der Waals surface area (Å²) in [7, 11) is 1.98. The average Bonchev–Trinajstić information content (AvgIpc) is 3.21. The molecule has 146 valence electrons. The van der Waals surface area contributed by atoms with E-state index in [0.717, 1.165) is 28.3 Å². The molecular formula is C22H22N6O. The number of hydrogen-bond donors (Lipinski definition) is 1. The van der Waals surface area contributed by atoms with Crippen molar-refractivity contribution in [3.05, 3.63) is 88.2 Å². The van der Waals surface area contributed by atoms with Crippen LogP contribution in [0.2, 0.25) is 0 Å². The Kier molecular flexibility index (Phi) is 4.95. The van der Waals surface area contributed by atoms with E-state index in [1.54, 1.807) is 13.1 Å². The van der Waals surface area contributed by atoms with Gasteiger partial charge >= 0.3 is 0 Å². The fourth-order valence-electron chi connectivity index (χ4n) is 3.05. The van der Waals surface area contributed by atoms with E-state index in [1.807, 2.05) is 78.4 Å². The zero-order valence-corrected chi connectivity index (χ0v) is 16.6. The van der Waals surface area contributed by atoms with Crippen molar-refractivity contribution in [1.82, 2.24) is 24.7 Å². The Balaban J connectivity index is 1.49. The molecule has 4 aromatic rings. The molecule has 0 bridgehead atoms. The first-order valence-electron chi connectivity index (χ1n) is 9.35. The summed E-state index contributed by atoms with van der Waals surface area (Å²) in [4.78, 5) is 25.8. The van der Waals surface area contributed by atoms with E-state index >= 15 is 0 Å². The standard InChI is InChI=1S/C22H22N6O/c1-15-16(2)25-21(26-22(15)29)18-9-10-20(23-12-18)27(3)13-17-11-24-28(14-17)19-7-5-4-6-8-19/h4-12,14H,13H2,1-3H3,(H,25,26,29). The van der Waals surface area contributed by atoms with Crippen LogP contribution in [0.15, 0.2) is 65.8 Å². The first-order chi connectivity index (χ1) is 14.0. The lowest BCUT2D eigenvalue weighted by atomic mass is 10.2. The number of hydrogen-bond acceptors (Lipinski definition) is 5. The van der Waals surface area contributed by atoms with Crippen LogP contribution in [0.1, 0.15) is 16.8 Å². The molecule has 0 aliphatic carbocycles. The van der Waals surface area contributed by atoms with Crippen molar-refractivity contribution in [2.45, 2.75) is 20.4 Å². The predicted molar refractivity (Wildman–Crippen MR) is 113 cm³/mol. The van der Waals surface area contributed by atoms with Gasteiger partial charge in [-0.3, -0.25) is 4.79 Å². The highest BCUT2D eigenvalue weighted by molar-refractivity contribution is 5.56. The summed E-state index contributed by atoms with van der Waals surface area (Å²) in [5, 5.41) is 4.44. The van der Waals surface area contributed by atoms with Crippen LogP contribution in [0.3, 0.4) is 0 Å². The maximum absolute atomic E-state index is 12.0. The Morgan fingerprint density at radius 1 is 1.07 bits per heavy atom. The third-order valence-electron chi connectivity index (χ3n) is 4.88. The molecule has 0 saturated heterocycles. The van der Waals surface area contributed by atoms with E-state index in [-0.39, 0.29) is 5.56 Å². The smallest absolute Gasteiger partial charge is 0.254 e. The van der Waals surface area contributed by atoms with Crippen molar-refractivity contribution in [2.75, 3.05) is 11.9 Å². The van der Waals surface area contributed by atoms with Gasteiger partial charge in [0, 0.05) is 48.4 Å². The molecular weight excluding hydrogens is 364 g/mol. The Morgan fingerprint density at radius 3 is 2.55 bits per heavy atom. The second kappa shape index (κ2) is 7.71. The van der Waals surface area contributed by atoms with Crippen LogP contribution in [-0.4, -0.2) is 31.8 Å². The van der Waals surface area contributed by atoms with Crippen LogP contribution < -0.4 is 10.5 Å². The van der Waals surface area contributed by atoms with Crippen LogP contribution in [-0.2, 0) is 6.54 Å². The molecule has 0 radical (unpaired) electrons. The normalized spacial score (nSPS) is 10.9. The molecule has 7 nitrogen and oxygen atoms in total. The van der Waals surface area contributed by atoms with E-state index < -0.39 is 0 Å². The van der Waals surface area contributed by atoms with Crippen molar-refractivity contribution in [2.24, 2.45) is 0 Å². The Hall–Kier alpha value is -3.74. The van der Waals surface area contributed by atoms with Gasteiger partial charge in [-0.1, -0.05) is 18.2 Å². The number of benzene rings is 1. The van der Waals surface area contributed by atoms with Crippen LogP contribution in [0, 0.1) is 13.8 Å². The van der Waals surface area contributed by atoms with E-state index in [0.29, 0.717) is 17.9 Å². The third-order valence-corrected chi connectivity index (χ3v) is 4.88. The van der Waals surface area contributed by atoms with Gasteiger partial charge in [-0.25, -0.2) is 14.6 Å². The number of para-hydroxylation sites is 1. The minimum atomic E-state index is -0.121. The summed E-state index contributed by atoms with van der Waals surface area (Å²) < 4.78 is 1.86. The lowest BCUT2D eigenvalue weighted by molar-refractivity contribution is 0.875. The maximum Gasteiger partial charge on any atom is 0.254 e. The minimum absolute atomic E-state index is 0.121. The number of nitrogens with one attached hydrogen (secondary N) is 1. The second-order valence-corrected chi connectivity index (χ2v) is 7.01. The molecule has 0 fully saturated rings. The van der Waals surface area contributed by atoms with Gasteiger partial charge < -0.3 is 9.88 Å².